The van der Waals surface area contributed by atoms with Gasteiger partial charge in [0.25, 0.3) is 6.43 Å². The van der Waals surface area contributed by atoms with Crippen LogP contribution in [0.1, 0.15) is 22.3 Å². The average Bonchev–Trinajstić information content (AvgIpc) is 2.15. The summed E-state index contributed by atoms with van der Waals surface area (Å²) in [4.78, 5) is 13.7. The molecule has 0 spiro atoms. The van der Waals surface area contributed by atoms with Gasteiger partial charge in [0.05, 0.1) is 11.1 Å². The number of hydrogen-bond donors (Lipinski definition) is 0. The maximum absolute atomic E-state index is 12.4. The standard InChI is InChI=1S/C8H3ClF5NO2/c9-6-4(2-16)5(17-8(12,13)14)3(1-15-6)7(10)11/h1-2,7H. The summed E-state index contributed by atoms with van der Waals surface area (Å²) in [7, 11) is 0. The summed E-state index contributed by atoms with van der Waals surface area (Å²) in [5, 5.41) is -0.649. The van der Waals surface area contributed by atoms with E-state index in [1.807, 2.05) is 0 Å². The number of pyridine rings is 1. The summed E-state index contributed by atoms with van der Waals surface area (Å²) in [6, 6.07) is 0. The minimum atomic E-state index is -5.22. The lowest BCUT2D eigenvalue weighted by molar-refractivity contribution is -0.275. The first-order valence-electron chi connectivity index (χ1n) is 3.93. The first-order valence-corrected chi connectivity index (χ1v) is 4.31. The first kappa shape index (κ1) is 13.6. The van der Waals surface area contributed by atoms with Gasteiger partial charge in [-0.05, 0) is 0 Å². The van der Waals surface area contributed by atoms with Gasteiger partial charge in [0, 0.05) is 6.20 Å². The zero-order valence-electron chi connectivity index (χ0n) is 7.76. The van der Waals surface area contributed by atoms with Crippen LogP contribution in [0.25, 0.3) is 0 Å². The van der Waals surface area contributed by atoms with Crippen LogP contribution in [0.5, 0.6) is 5.75 Å². The molecule has 0 saturated heterocycles. The molecule has 0 fully saturated rings. The van der Waals surface area contributed by atoms with Crippen LogP contribution < -0.4 is 4.74 Å². The Labute approximate surface area is 96.2 Å². The summed E-state index contributed by atoms with van der Waals surface area (Å²) in [6.07, 6.45) is -8.22. The summed E-state index contributed by atoms with van der Waals surface area (Å²) in [5.41, 5.74) is -2.03. The van der Waals surface area contributed by atoms with E-state index >= 15 is 0 Å². The number of rotatable bonds is 3. The Bertz CT molecular complexity index is 435. The van der Waals surface area contributed by atoms with Crippen LogP contribution in [0, 0.1) is 0 Å². The molecule has 1 aromatic heterocycles. The lowest BCUT2D eigenvalue weighted by atomic mass is 10.2. The number of nitrogens with zero attached hydrogens (tertiary/aromatic N) is 1. The molecule has 3 nitrogen and oxygen atoms in total. The van der Waals surface area contributed by atoms with E-state index in [1.54, 1.807) is 0 Å². The highest BCUT2D eigenvalue weighted by atomic mass is 35.5. The molecular formula is C8H3ClF5NO2. The maximum atomic E-state index is 12.4. The molecule has 0 unspecified atom stereocenters. The molecule has 1 heterocycles. The van der Waals surface area contributed by atoms with Crippen molar-refractivity contribution in [1.29, 1.82) is 0 Å². The number of carbonyl (C=O) groups excluding carboxylic acids is 1. The van der Waals surface area contributed by atoms with Crippen molar-refractivity contribution < 1.29 is 31.5 Å². The Balaban J connectivity index is 3.39. The van der Waals surface area contributed by atoms with Gasteiger partial charge >= 0.3 is 6.36 Å². The molecule has 0 saturated carbocycles. The van der Waals surface area contributed by atoms with E-state index in [1.165, 1.54) is 0 Å². The Morgan fingerprint density at radius 2 is 2.00 bits per heavy atom. The van der Waals surface area contributed by atoms with E-state index in [-0.39, 0.29) is 6.29 Å². The van der Waals surface area contributed by atoms with E-state index in [4.69, 9.17) is 11.6 Å². The maximum Gasteiger partial charge on any atom is 0.573 e. The highest BCUT2D eigenvalue weighted by Gasteiger charge is 2.35. The number of aromatic nitrogens is 1. The van der Waals surface area contributed by atoms with Crippen LogP contribution in [-0.4, -0.2) is 17.6 Å². The molecule has 0 aliphatic heterocycles. The quantitative estimate of drug-likeness (QED) is 0.482. The highest BCUT2D eigenvalue weighted by Crippen LogP contribution is 2.36. The minimum absolute atomic E-state index is 0.137. The smallest absolute Gasteiger partial charge is 0.404 e. The molecule has 0 aliphatic carbocycles. The predicted octanol–water partition coefficient (Wildman–Crippen LogP) is 3.38. The van der Waals surface area contributed by atoms with E-state index in [0.717, 1.165) is 0 Å². The molecule has 0 radical (unpaired) electrons. The van der Waals surface area contributed by atoms with E-state index in [0.29, 0.717) is 6.20 Å². The van der Waals surface area contributed by atoms with Crippen molar-refractivity contribution in [1.82, 2.24) is 4.98 Å². The molecular weight excluding hydrogens is 273 g/mol. The molecule has 0 N–H and O–H groups in total. The second kappa shape index (κ2) is 4.82. The van der Waals surface area contributed by atoms with Crippen molar-refractivity contribution in [3.63, 3.8) is 0 Å². The molecule has 17 heavy (non-hydrogen) atoms. The molecule has 0 atom stereocenters. The fourth-order valence-electron chi connectivity index (χ4n) is 0.991. The number of carbonyl (C=O) groups is 1. The van der Waals surface area contributed by atoms with E-state index in [9.17, 15) is 26.7 Å². The van der Waals surface area contributed by atoms with Gasteiger partial charge in [-0.1, -0.05) is 11.6 Å². The Hall–Kier alpha value is -1.44. The number of hydrogen-bond acceptors (Lipinski definition) is 3. The average molecular weight is 276 g/mol. The number of alkyl halides is 5. The first-order chi connectivity index (χ1) is 7.76. The number of aldehydes is 1. The molecule has 1 aromatic rings. The third kappa shape index (κ3) is 3.26. The third-order valence-corrected chi connectivity index (χ3v) is 1.92. The summed E-state index contributed by atoms with van der Waals surface area (Å²) in [5.74, 6) is -1.33. The fraction of sp³-hybridized carbons (Fsp3) is 0.250. The van der Waals surface area contributed by atoms with Crippen molar-refractivity contribution in [3.8, 4) is 5.75 Å². The molecule has 0 amide bonds. The molecule has 0 aromatic carbocycles. The minimum Gasteiger partial charge on any atom is -0.404 e. The fourth-order valence-corrected chi connectivity index (χ4v) is 1.17. The van der Waals surface area contributed by atoms with Crippen molar-refractivity contribution in [2.45, 2.75) is 12.8 Å². The summed E-state index contributed by atoms with van der Waals surface area (Å²) in [6.45, 7) is 0. The normalized spacial score (nSPS) is 11.7. The van der Waals surface area contributed by atoms with Gasteiger partial charge < -0.3 is 4.74 Å². The number of halogens is 6. The van der Waals surface area contributed by atoms with Crippen LogP contribution in [0.2, 0.25) is 5.15 Å². The van der Waals surface area contributed by atoms with Gasteiger partial charge in [-0.2, -0.15) is 0 Å². The van der Waals surface area contributed by atoms with Crippen molar-refractivity contribution >= 4 is 17.9 Å². The van der Waals surface area contributed by atoms with Gasteiger partial charge in [0.2, 0.25) is 0 Å². The highest BCUT2D eigenvalue weighted by molar-refractivity contribution is 6.32. The van der Waals surface area contributed by atoms with Gasteiger partial charge in [-0.15, -0.1) is 13.2 Å². The van der Waals surface area contributed by atoms with E-state index < -0.39 is 34.8 Å². The molecule has 0 bridgehead atoms. The van der Waals surface area contributed by atoms with Crippen LogP contribution in [0.3, 0.4) is 0 Å². The van der Waals surface area contributed by atoms with E-state index in [2.05, 4.69) is 9.72 Å². The van der Waals surface area contributed by atoms with Crippen LogP contribution in [0.15, 0.2) is 6.20 Å². The van der Waals surface area contributed by atoms with Crippen LogP contribution >= 0.6 is 11.6 Å². The largest absolute Gasteiger partial charge is 0.573 e. The monoisotopic (exact) mass is 275 g/mol. The Morgan fingerprint density at radius 3 is 2.41 bits per heavy atom. The molecule has 1 rings (SSSR count). The Kier molecular flexibility index (Phi) is 3.87. The van der Waals surface area contributed by atoms with Crippen LogP contribution in [0.4, 0.5) is 22.0 Å². The second-order valence-electron chi connectivity index (χ2n) is 2.71. The SMILES string of the molecule is O=Cc1c(Cl)ncc(C(F)F)c1OC(F)(F)F. The van der Waals surface area contributed by atoms with Crippen molar-refractivity contribution in [2.24, 2.45) is 0 Å². The molecule has 9 heteroatoms. The predicted molar refractivity (Wildman–Crippen MR) is 46.3 cm³/mol. The zero-order valence-corrected chi connectivity index (χ0v) is 8.52. The second-order valence-corrected chi connectivity index (χ2v) is 3.07. The third-order valence-electron chi connectivity index (χ3n) is 1.62. The lowest BCUT2D eigenvalue weighted by Crippen LogP contribution is -2.19. The lowest BCUT2D eigenvalue weighted by Gasteiger charge is -2.14. The van der Waals surface area contributed by atoms with Crippen molar-refractivity contribution in [3.05, 3.63) is 22.5 Å². The van der Waals surface area contributed by atoms with Gasteiger partial charge in [-0.25, -0.2) is 13.8 Å². The van der Waals surface area contributed by atoms with Gasteiger partial charge in [0.15, 0.2) is 12.0 Å². The van der Waals surface area contributed by atoms with Gasteiger partial charge in [0.1, 0.15) is 5.15 Å². The zero-order chi connectivity index (χ0) is 13.2. The summed E-state index contributed by atoms with van der Waals surface area (Å²) >= 11 is 5.30. The Morgan fingerprint density at radius 1 is 1.41 bits per heavy atom. The number of ether oxygens (including phenoxy) is 1. The summed E-state index contributed by atoms with van der Waals surface area (Å²) < 4.78 is 64.1. The molecule has 94 valence electrons. The van der Waals surface area contributed by atoms with Gasteiger partial charge in [-0.3, -0.25) is 4.79 Å². The molecule has 0 aliphatic rings. The van der Waals surface area contributed by atoms with Crippen LogP contribution in [-0.2, 0) is 0 Å². The van der Waals surface area contributed by atoms with Crippen molar-refractivity contribution in [2.75, 3.05) is 0 Å². The topological polar surface area (TPSA) is 39.2 Å².